The number of aldehydes is 1. The maximum absolute atomic E-state index is 10.3. The van der Waals surface area contributed by atoms with Crippen molar-refractivity contribution in [3.8, 4) is 0 Å². The summed E-state index contributed by atoms with van der Waals surface area (Å²) in [5.41, 5.74) is 3.10. The van der Waals surface area contributed by atoms with Gasteiger partial charge < -0.3 is 4.79 Å². The van der Waals surface area contributed by atoms with Crippen molar-refractivity contribution in [3.05, 3.63) is 11.1 Å². The van der Waals surface area contributed by atoms with Crippen molar-refractivity contribution < 1.29 is 4.79 Å². The van der Waals surface area contributed by atoms with Crippen molar-refractivity contribution >= 4 is 6.29 Å². The fourth-order valence-corrected chi connectivity index (χ4v) is 2.29. The molecule has 0 saturated carbocycles. The summed E-state index contributed by atoms with van der Waals surface area (Å²) < 4.78 is 0. The lowest BCUT2D eigenvalue weighted by Crippen LogP contribution is -2.15. The van der Waals surface area contributed by atoms with E-state index in [9.17, 15) is 4.79 Å². The molecule has 1 aliphatic carbocycles. The average Bonchev–Trinajstić information content (AvgIpc) is 2.16. The smallest absolute Gasteiger partial charge is 0.120 e. The summed E-state index contributed by atoms with van der Waals surface area (Å²) in [5.74, 6) is 1.63. The van der Waals surface area contributed by atoms with Gasteiger partial charge in [-0.25, -0.2) is 0 Å². The Kier molecular flexibility index (Phi) is 4.37. The van der Waals surface area contributed by atoms with Crippen molar-refractivity contribution in [3.63, 3.8) is 0 Å². The van der Waals surface area contributed by atoms with E-state index in [-0.39, 0.29) is 0 Å². The van der Waals surface area contributed by atoms with Gasteiger partial charge in [0, 0.05) is 6.42 Å². The maximum Gasteiger partial charge on any atom is 0.120 e. The summed E-state index contributed by atoms with van der Waals surface area (Å²) in [4.78, 5) is 10.3. The van der Waals surface area contributed by atoms with Crippen molar-refractivity contribution in [2.45, 2.75) is 52.9 Å². The Balaban J connectivity index is 2.57. The van der Waals surface area contributed by atoms with Crippen LogP contribution < -0.4 is 0 Å². The van der Waals surface area contributed by atoms with Gasteiger partial charge in [-0.05, 0) is 44.4 Å². The first-order chi connectivity index (χ1) is 6.65. The largest absolute Gasteiger partial charge is 0.303 e. The SMILES string of the molecule is CC1=C(CCC=O)CC(C(C)C)CC1. The molecule has 1 atom stereocenters. The van der Waals surface area contributed by atoms with Crippen LogP contribution in [0.3, 0.4) is 0 Å². The number of carbonyl (C=O) groups excluding carboxylic acids is 1. The number of allylic oxidation sites excluding steroid dienone is 2. The fraction of sp³-hybridized carbons (Fsp3) is 0.769. The van der Waals surface area contributed by atoms with Crippen LogP contribution in [0.1, 0.15) is 52.9 Å². The minimum atomic E-state index is 0.706. The molecule has 0 N–H and O–H groups in total. The minimum Gasteiger partial charge on any atom is -0.303 e. The molecule has 1 rings (SSSR count). The van der Waals surface area contributed by atoms with Gasteiger partial charge in [-0.15, -0.1) is 0 Å². The van der Waals surface area contributed by atoms with Crippen LogP contribution in [0.25, 0.3) is 0 Å². The third-order valence-electron chi connectivity index (χ3n) is 3.51. The Morgan fingerprint density at radius 3 is 2.79 bits per heavy atom. The molecule has 0 aromatic carbocycles. The van der Waals surface area contributed by atoms with Gasteiger partial charge in [-0.1, -0.05) is 25.0 Å². The van der Waals surface area contributed by atoms with E-state index >= 15 is 0 Å². The standard InChI is InChI=1S/C13H22O/c1-10(2)12-7-6-11(3)13(9-12)5-4-8-14/h8,10,12H,4-7,9H2,1-3H3. The van der Waals surface area contributed by atoms with Gasteiger partial charge in [0.15, 0.2) is 0 Å². The predicted octanol–water partition coefficient (Wildman–Crippen LogP) is 3.74. The zero-order valence-electron chi connectivity index (χ0n) is 9.68. The Labute approximate surface area is 87.6 Å². The van der Waals surface area contributed by atoms with E-state index < -0.39 is 0 Å². The average molecular weight is 194 g/mol. The highest BCUT2D eigenvalue weighted by atomic mass is 16.1. The molecule has 0 bridgehead atoms. The lowest BCUT2D eigenvalue weighted by Gasteiger charge is -2.28. The number of hydrogen-bond acceptors (Lipinski definition) is 1. The Morgan fingerprint density at radius 2 is 2.21 bits per heavy atom. The Hall–Kier alpha value is -0.590. The van der Waals surface area contributed by atoms with Crippen LogP contribution in [0.4, 0.5) is 0 Å². The molecule has 1 aliphatic rings. The molecule has 0 aliphatic heterocycles. The summed E-state index contributed by atoms with van der Waals surface area (Å²) in [6.45, 7) is 6.85. The van der Waals surface area contributed by atoms with Crippen LogP contribution in [-0.2, 0) is 4.79 Å². The van der Waals surface area contributed by atoms with E-state index in [0.29, 0.717) is 6.42 Å². The van der Waals surface area contributed by atoms with E-state index in [1.807, 2.05) is 0 Å². The van der Waals surface area contributed by atoms with Crippen LogP contribution >= 0.6 is 0 Å². The van der Waals surface area contributed by atoms with Gasteiger partial charge in [0.05, 0.1) is 0 Å². The van der Waals surface area contributed by atoms with E-state index in [2.05, 4.69) is 20.8 Å². The van der Waals surface area contributed by atoms with Gasteiger partial charge in [-0.3, -0.25) is 0 Å². The monoisotopic (exact) mass is 194 g/mol. The summed E-state index contributed by atoms with van der Waals surface area (Å²) in [7, 11) is 0. The number of hydrogen-bond donors (Lipinski definition) is 0. The topological polar surface area (TPSA) is 17.1 Å². The summed E-state index contributed by atoms with van der Waals surface area (Å²) in [6, 6.07) is 0. The predicted molar refractivity (Wildman–Crippen MR) is 60.2 cm³/mol. The van der Waals surface area contributed by atoms with Crippen LogP contribution in [0, 0.1) is 11.8 Å². The summed E-state index contributed by atoms with van der Waals surface area (Å²) >= 11 is 0. The van der Waals surface area contributed by atoms with Crippen LogP contribution in [0.5, 0.6) is 0 Å². The molecule has 0 fully saturated rings. The second-order valence-electron chi connectivity index (χ2n) is 4.84. The quantitative estimate of drug-likeness (QED) is 0.492. The van der Waals surface area contributed by atoms with E-state index in [4.69, 9.17) is 0 Å². The lowest BCUT2D eigenvalue weighted by atomic mass is 9.77. The normalized spacial score (nSPS) is 23.0. The molecule has 0 heterocycles. The third kappa shape index (κ3) is 2.97. The van der Waals surface area contributed by atoms with Crippen LogP contribution in [0.15, 0.2) is 11.1 Å². The molecule has 0 aromatic heterocycles. The maximum atomic E-state index is 10.3. The number of carbonyl (C=O) groups is 1. The minimum absolute atomic E-state index is 0.706. The first kappa shape index (κ1) is 11.5. The van der Waals surface area contributed by atoms with Gasteiger partial charge in [0.1, 0.15) is 6.29 Å². The summed E-state index contributed by atoms with van der Waals surface area (Å²) in [5, 5.41) is 0. The molecule has 0 amide bonds. The zero-order valence-corrected chi connectivity index (χ0v) is 9.68. The van der Waals surface area contributed by atoms with Gasteiger partial charge in [0.2, 0.25) is 0 Å². The van der Waals surface area contributed by atoms with Crippen molar-refractivity contribution in [1.82, 2.24) is 0 Å². The van der Waals surface area contributed by atoms with E-state index in [1.165, 1.54) is 19.3 Å². The fourth-order valence-electron chi connectivity index (χ4n) is 2.29. The Bertz CT molecular complexity index is 225. The number of rotatable bonds is 4. The van der Waals surface area contributed by atoms with E-state index in [0.717, 1.165) is 24.5 Å². The second kappa shape index (κ2) is 5.33. The molecule has 0 radical (unpaired) electrons. The molecule has 0 aromatic rings. The zero-order chi connectivity index (χ0) is 10.6. The Morgan fingerprint density at radius 1 is 1.50 bits per heavy atom. The van der Waals surface area contributed by atoms with E-state index in [1.54, 1.807) is 11.1 Å². The molecule has 0 saturated heterocycles. The molecule has 1 heteroatoms. The first-order valence-electron chi connectivity index (χ1n) is 5.76. The molecular weight excluding hydrogens is 172 g/mol. The van der Waals surface area contributed by atoms with Crippen molar-refractivity contribution in [2.75, 3.05) is 0 Å². The van der Waals surface area contributed by atoms with Gasteiger partial charge >= 0.3 is 0 Å². The van der Waals surface area contributed by atoms with Crippen LogP contribution in [-0.4, -0.2) is 6.29 Å². The first-order valence-corrected chi connectivity index (χ1v) is 5.76. The highest BCUT2D eigenvalue weighted by molar-refractivity contribution is 5.50. The molecular formula is C13H22O. The molecule has 80 valence electrons. The van der Waals surface area contributed by atoms with Crippen molar-refractivity contribution in [2.24, 2.45) is 11.8 Å². The molecule has 1 nitrogen and oxygen atoms in total. The molecule has 1 unspecified atom stereocenters. The molecule has 0 spiro atoms. The second-order valence-corrected chi connectivity index (χ2v) is 4.84. The lowest BCUT2D eigenvalue weighted by molar-refractivity contribution is -0.107. The van der Waals surface area contributed by atoms with Gasteiger partial charge in [0.25, 0.3) is 0 Å². The highest BCUT2D eigenvalue weighted by Crippen LogP contribution is 2.35. The molecule has 14 heavy (non-hydrogen) atoms. The van der Waals surface area contributed by atoms with Crippen molar-refractivity contribution in [1.29, 1.82) is 0 Å². The third-order valence-corrected chi connectivity index (χ3v) is 3.51. The highest BCUT2D eigenvalue weighted by Gasteiger charge is 2.20. The van der Waals surface area contributed by atoms with Gasteiger partial charge in [-0.2, -0.15) is 0 Å². The van der Waals surface area contributed by atoms with Crippen LogP contribution in [0.2, 0.25) is 0 Å². The summed E-state index contributed by atoms with van der Waals surface area (Å²) in [6.07, 6.45) is 6.57.